The van der Waals surface area contributed by atoms with Gasteiger partial charge in [0.2, 0.25) is 0 Å². The summed E-state index contributed by atoms with van der Waals surface area (Å²) in [4.78, 5) is 33.1. The van der Waals surface area contributed by atoms with Crippen LogP contribution in [-0.4, -0.2) is 61.3 Å². The molecule has 2 heterocycles. The maximum atomic E-state index is 14.4. The number of H-pyrrole nitrogens is 1. The van der Waals surface area contributed by atoms with E-state index >= 15 is 0 Å². The van der Waals surface area contributed by atoms with E-state index < -0.39 is 11.8 Å². The largest absolute Gasteiger partial charge is 0.465 e. The minimum atomic E-state index is -0.537. The first-order chi connectivity index (χ1) is 14.4. The zero-order chi connectivity index (χ0) is 21.8. The molecule has 1 saturated heterocycles. The molecular weight excluding hydrogens is 415 g/mol. The van der Waals surface area contributed by atoms with Gasteiger partial charge in [0.1, 0.15) is 5.82 Å². The molecular formula is C20H24ClFN4O4. The third kappa shape index (κ3) is 4.57. The molecule has 10 heteroatoms. The van der Waals surface area contributed by atoms with Crippen molar-refractivity contribution in [1.29, 1.82) is 0 Å². The fourth-order valence-electron chi connectivity index (χ4n) is 3.51. The van der Waals surface area contributed by atoms with Crippen LogP contribution in [0.5, 0.6) is 0 Å². The molecule has 162 valence electrons. The number of halogens is 2. The summed E-state index contributed by atoms with van der Waals surface area (Å²) in [6.07, 6.45) is 0.760. The number of hydrogen-bond acceptors (Lipinski definition) is 6. The number of aromatic nitrogens is 2. The Morgan fingerprint density at radius 3 is 2.80 bits per heavy atom. The Morgan fingerprint density at radius 2 is 2.17 bits per heavy atom. The molecule has 0 bridgehead atoms. The summed E-state index contributed by atoms with van der Waals surface area (Å²) < 4.78 is 24.7. The van der Waals surface area contributed by atoms with Crippen molar-refractivity contribution in [1.82, 2.24) is 15.3 Å². The lowest BCUT2D eigenvalue weighted by atomic mass is 10.00. The Labute approximate surface area is 178 Å². The van der Waals surface area contributed by atoms with Gasteiger partial charge in [-0.2, -0.15) is 0 Å². The van der Waals surface area contributed by atoms with Crippen LogP contribution in [0.4, 0.5) is 10.1 Å². The van der Waals surface area contributed by atoms with E-state index in [9.17, 15) is 14.0 Å². The lowest BCUT2D eigenvalue weighted by Gasteiger charge is -2.39. The topological polar surface area (TPSA) is 96.6 Å². The number of anilines is 1. The maximum Gasteiger partial charge on any atom is 0.337 e. The van der Waals surface area contributed by atoms with Crippen molar-refractivity contribution < 1.29 is 23.5 Å². The Hall–Kier alpha value is -2.65. The van der Waals surface area contributed by atoms with Gasteiger partial charge in [-0.3, -0.25) is 4.79 Å². The number of rotatable bonds is 6. The molecule has 0 spiro atoms. The van der Waals surface area contributed by atoms with Crippen LogP contribution >= 0.6 is 11.6 Å². The minimum absolute atomic E-state index is 0.144. The quantitative estimate of drug-likeness (QED) is 0.673. The highest BCUT2D eigenvalue weighted by Crippen LogP contribution is 2.26. The third-order valence-corrected chi connectivity index (χ3v) is 5.50. The van der Waals surface area contributed by atoms with E-state index in [4.69, 9.17) is 21.1 Å². The Morgan fingerprint density at radius 1 is 1.40 bits per heavy atom. The Bertz CT molecular complexity index is 936. The number of ether oxygens (including phenoxy) is 2. The molecule has 1 fully saturated rings. The first-order valence-corrected chi connectivity index (χ1v) is 9.96. The van der Waals surface area contributed by atoms with Crippen LogP contribution in [0.2, 0.25) is 5.15 Å². The number of aryl methyl sites for hydroxylation is 1. The van der Waals surface area contributed by atoms with Gasteiger partial charge in [-0.15, -0.1) is 0 Å². The number of methoxy groups -OCH3 is 2. The van der Waals surface area contributed by atoms with Gasteiger partial charge in [-0.1, -0.05) is 18.5 Å². The standard InChI is InChI=1S/C20H24ClFN4O4/c1-4-13-17(21)25-18(23-13)19(27)24-14-7-8-26(10-16(14)29-2)15-9-11(20(28)30-3)5-6-12(15)22/h5-6,9,14,16H,4,7-8,10H2,1-3H3,(H,23,25)(H,24,27)/t14-,16+/m1/s1. The average Bonchev–Trinajstić information content (AvgIpc) is 3.14. The van der Waals surface area contributed by atoms with Crippen molar-refractivity contribution >= 4 is 29.2 Å². The Kier molecular flexibility index (Phi) is 6.94. The van der Waals surface area contributed by atoms with E-state index in [1.807, 2.05) is 6.92 Å². The lowest BCUT2D eigenvalue weighted by Crippen LogP contribution is -2.55. The second-order valence-corrected chi connectivity index (χ2v) is 7.31. The molecule has 1 amide bonds. The number of piperidine rings is 1. The smallest absolute Gasteiger partial charge is 0.337 e. The van der Waals surface area contributed by atoms with E-state index in [1.54, 1.807) is 4.90 Å². The average molecular weight is 439 g/mol. The molecule has 1 aromatic carbocycles. The van der Waals surface area contributed by atoms with Crippen LogP contribution in [0.15, 0.2) is 18.2 Å². The van der Waals surface area contributed by atoms with Gasteiger partial charge in [0.15, 0.2) is 11.0 Å². The van der Waals surface area contributed by atoms with Crippen LogP contribution in [0.1, 0.15) is 40.0 Å². The number of carbonyl (C=O) groups is 2. The number of amides is 1. The summed E-state index contributed by atoms with van der Waals surface area (Å²) >= 11 is 6.01. The van der Waals surface area contributed by atoms with Crippen molar-refractivity contribution in [2.45, 2.75) is 31.9 Å². The monoisotopic (exact) mass is 438 g/mol. The van der Waals surface area contributed by atoms with Gasteiger partial charge in [-0.05, 0) is 31.0 Å². The maximum absolute atomic E-state index is 14.4. The van der Waals surface area contributed by atoms with Crippen molar-refractivity contribution in [3.05, 3.63) is 46.3 Å². The zero-order valence-electron chi connectivity index (χ0n) is 17.0. The normalized spacial score (nSPS) is 18.9. The van der Waals surface area contributed by atoms with E-state index in [2.05, 4.69) is 15.3 Å². The molecule has 0 aliphatic carbocycles. The lowest BCUT2D eigenvalue weighted by molar-refractivity contribution is 0.0536. The van der Waals surface area contributed by atoms with Gasteiger partial charge >= 0.3 is 5.97 Å². The molecule has 2 N–H and O–H groups in total. The van der Waals surface area contributed by atoms with Gasteiger partial charge in [0, 0.05) is 20.2 Å². The van der Waals surface area contributed by atoms with Crippen molar-refractivity contribution in [2.75, 3.05) is 32.2 Å². The summed E-state index contributed by atoms with van der Waals surface area (Å²) in [5.41, 5.74) is 1.25. The first kappa shape index (κ1) is 22.0. The fraction of sp³-hybridized carbons (Fsp3) is 0.450. The van der Waals surface area contributed by atoms with Crippen molar-refractivity contribution in [3.63, 3.8) is 0 Å². The van der Waals surface area contributed by atoms with Crippen molar-refractivity contribution in [2.24, 2.45) is 0 Å². The molecule has 1 aliphatic heterocycles. The SMILES string of the molecule is CCc1[nH]c(C(=O)N[C@@H]2CCN(c3cc(C(=O)OC)ccc3F)C[C@@H]2OC)nc1Cl. The molecule has 3 rings (SSSR count). The van der Waals surface area contributed by atoms with Crippen LogP contribution in [0.3, 0.4) is 0 Å². The van der Waals surface area contributed by atoms with E-state index in [0.29, 0.717) is 31.6 Å². The zero-order valence-corrected chi connectivity index (χ0v) is 17.8. The number of carbonyl (C=O) groups excluding carboxylic acids is 2. The highest BCUT2D eigenvalue weighted by Gasteiger charge is 2.32. The molecule has 2 aromatic rings. The van der Waals surface area contributed by atoms with E-state index in [1.165, 1.54) is 32.4 Å². The second-order valence-electron chi connectivity index (χ2n) is 6.95. The van der Waals surface area contributed by atoms with Gasteiger partial charge in [0.05, 0.1) is 36.2 Å². The van der Waals surface area contributed by atoms with Crippen LogP contribution in [-0.2, 0) is 15.9 Å². The highest BCUT2D eigenvalue weighted by molar-refractivity contribution is 6.30. The molecule has 1 aliphatic rings. The predicted molar refractivity (Wildman–Crippen MR) is 110 cm³/mol. The molecule has 0 unspecified atom stereocenters. The second kappa shape index (κ2) is 9.44. The number of benzene rings is 1. The van der Waals surface area contributed by atoms with E-state index in [0.717, 1.165) is 0 Å². The molecule has 30 heavy (non-hydrogen) atoms. The predicted octanol–water partition coefficient (Wildman–Crippen LogP) is 2.57. The molecule has 8 nitrogen and oxygen atoms in total. The van der Waals surface area contributed by atoms with Gasteiger partial charge in [0.25, 0.3) is 5.91 Å². The molecule has 0 saturated carbocycles. The first-order valence-electron chi connectivity index (χ1n) is 9.58. The summed E-state index contributed by atoms with van der Waals surface area (Å²) in [5.74, 6) is -1.22. The molecule has 1 aromatic heterocycles. The third-order valence-electron chi connectivity index (χ3n) is 5.18. The summed E-state index contributed by atoms with van der Waals surface area (Å²) in [7, 11) is 2.81. The number of nitrogens with zero attached hydrogens (tertiary/aromatic N) is 2. The summed E-state index contributed by atoms with van der Waals surface area (Å²) in [5, 5.41) is 3.19. The fourth-order valence-corrected chi connectivity index (χ4v) is 3.77. The van der Waals surface area contributed by atoms with Gasteiger partial charge in [-0.25, -0.2) is 14.2 Å². The van der Waals surface area contributed by atoms with Crippen LogP contribution in [0, 0.1) is 5.82 Å². The van der Waals surface area contributed by atoms with Crippen molar-refractivity contribution in [3.8, 4) is 0 Å². The summed E-state index contributed by atoms with van der Waals surface area (Å²) in [6, 6.07) is 3.79. The van der Waals surface area contributed by atoms with Gasteiger partial charge < -0.3 is 24.7 Å². The van der Waals surface area contributed by atoms with Crippen LogP contribution in [0.25, 0.3) is 0 Å². The minimum Gasteiger partial charge on any atom is -0.465 e. The summed E-state index contributed by atoms with van der Waals surface area (Å²) in [6.45, 7) is 2.71. The van der Waals surface area contributed by atoms with Crippen LogP contribution < -0.4 is 10.2 Å². The number of hydrogen-bond donors (Lipinski definition) is 2. The molecule has 0 radical (unpaired) electrons. The highest BCUT2D eigenvalue weighted by atomic mass is 35.5. The Balaban J connectivity index is 1.72. The van der Waals surface area contributed by atoms with E-state index in [-0.39, 0.29) is 40.3 Å². The number of esters is 1. The number of aromatic amines is 1. The number of nitrogens with one attached hydrogen (secondary N) is 2. The number of imidazole rings is 1. The molecule has 2 atom stereocenters.